The van der Waals surface area contributed by atoms with Crippen LogP contribution in [0.5, 0.6) is 0 Å². The zero-order valence-electron chi connectivity index (χ0n) is 8.03. The van der Waals surface area contributed by atoms with Gasteiger partial charge in [0.2, 0.25) is 0 Å². The second kappa shape index (κ2) is 4.48. The minimum absolute atomic E-state index is 0.0110. The third kappa shape index (κ3) is 2.60. The molecule has 0 fully saturated rings. The van der Waals surface area contributed by atoms with Crippen LogP contribution in [-0.2, 0) is 4.74 Å². The molecule has 0 aliphatic carbocycles. The quantitative estimate of drug-likeness (QED) is 0.699. The second-order valence-corrected chi connectivity index (χ2v) is 3.78. The Kier molecular flexibility index (Phi) is 3.57. The van der Waals surface area contributed by atoms with E-state index in [1.54, 1.807) is 13.1 Å². The summed E-state index contributed by atoms with van der Waals surface area (Å²) in [6.07, 6.45) is 1.60. The number of thiazole rings is 1. The van der Waals surface area contributed by atoms with Gasteiger partial charge in [-0.2, -0.15) is 0 Å². The van der Waals surface area contributed by atoms with Gasteiger partial charge in [-0.25, -0.2) is 4.98 Å². The van der Waals surface area contributed by atoms with Crippen LogP contribution in [0.15, 0.2) is 6.20 Å². The van der Waals surface area contributed by atoms with Gasteiger partial charge in [0.1, 0.15) is 11.1 Å². The topological polar surface area (TPSA) is 39.2 Å². The van der Waals surface area contributed by atoms with E-state index in [1.807, 2.05) is 13.8 Å². The number of hydrogen-bond donors (Lipinski definition) is 0. The molecule has 1 heterocycles. The lowest BCUT2D eigenvalue weighted by molar-refractivity contribution is 0.0762. The SMILES string of the molecule is CCOC(C)c1ncc(C(C)=O)s1. The minimum Gasteiger partial charge on any atom is -0.372 e. The van der Waals surface area contributed by atoms with Crippen molar-refractivity contribution in [3.63, 3.8) is 0 Å². The van der Waals surface area contributed by atoms with Crippen molar-refractivity contribution in [3.8, 4) is 0 Å². The lowest BCUT2D eigenvalue weighted by Crippen LogP contribution is -1.97. The maximum Gasteiger partial charge on any atom is 0.171 e. The molecule has 0 radical (unpaired) electrons. The van der Waals surface area contributed by atoms with Gasteiger partial charge >= 0.3 is 0 Å². The molecular formula is C9H13NO2S. The van der Waals surface area contributed by atoms with Crippen molar-refractivity contribution in [2.75, 3.05) is 6.61 Å². The Labute approximate surface area is 81.8 Å². The molecule has 4 heteroatoms. The molecule has 1 aromatic rings. The Morgan fingerprint density at radius 1 is 1.77 bits per heavy atom. The maximum absolute atomic E-state index is 11.0. The Hall–Kier alpha value is -0.740. The Balaban J connectivity index is 2.73. The van der Waals surface area contributed by atoms with Crippen molar-refractivity contribution in [1.82, 2.24) is 4.98 Å². The highest BCUT2D eigenvalue weighted by molar-refractivity contribution is 7.13. The molecule has 0 bridgehead atoms. The van der Waals surface area contributed by atoms with Crippen LogP contribution in [0.4, 0.5) is 0 Å². The Bertz CT molecular complexity index is 296. The van der Waals surface area contributed by atoms with Gasteiger partial charge in [0, 0.05) is 19.7 Å². The summed E-state index contributed by atoms with van der Waals surface area (Å²) in [5.41, 5.74) is 0. The molecule has 0 aliphatic rings. The molecule has 1 aromatic heterocycles. The van der Waals surface area contributed by atoms with Gasteiger partial charge in [-0.15, -0.1) is 11.3 Å². The summed E-state index contributed by atoms with van der Waals surface area (Å²) in [6, 6.07) is 0. The predicted molar refractivity (Wildman–Crippen MR) is 52.2 cm³/mol. The van der Waals surface area contributed by atoms with Crippen LogP contribution in [0.25, 0.3) is 0 Å². The predicted octanol–water partition coefficient (Wildman–Crippen LogP) is 2.44. The number of nitrogens with zero attached hydrogens (tertiary/aromatic N) is 1. The smallest absolute Gasteiger partial charge is 0.171 e. The fourth-order valence-corrected chi connectivity index (χ4v) is 1.77. The first-order valence-electron chi connectivity index (χ1n) is 4.23. The average Bonchev–Trinajstić information content (AvgIpc) is 2.52. The molecule has 1 atom stereocenters. The molecule has 13 heavy (non-hydrogen) atoms. The number of hydrogen-bond acceptors (Lipinski definition) is 4. The first kappa shape index (κ1) is 10.3. The zero-order valence-corrected chi connectivity index (χ0v) is 8.85. The highest BCUT2D eigenvalue weighted by Crippen LogP contribution is 2.22. The van der Waals surface area contributed by atoms with Gasteiger partial charge in [-0.3, -0.25) is 4.79 Å². The lowest BCUT2D eigenvalue weighted by Gasteiger charge is -2.06. The van der Waals surface area contributed by atoms with Crippen molar-refractivity contribution in [2.24, 2.45) is 0 Å². The van der Waals surface area contributed by atoms with Crippen LogP contribution in [0.1, 0.15) is 41.6 Å². The average molecular weight is 199 g/mol. The van der Waals surface area contributed by atoms with Crippen LogP contribution in [-0.4, -0.2) is 17.4 Å². The summed E-state index contributed by atoms with van der Waals surface area (Å²) < 4.78 is 5.36. The number of carbonyl (C=O) groups excluding carboxylic acids is 1. The van der Waals surface area contributed by atoms with Crippen LogP contribution >= 0.6 is 11.3 Å². The van der Waals surface area contributed by atoms with Crippen LogP contribution in [0.3, 0.4) is 0 Å². The number of carbonyl (C=O) groups is 1. The van der Waals surface area contributed by atoms with E-state index in [0.29, 0.717) is 11.5 Å². The molecule has 1 unspecified atom stereocenters. The van der Waals surface area contributed by atoms with Crippen LogP contribution in [0.2, 0.25) is 0 Å². The standard InChI is InChI=1S/C9H13NO2S/c1-4-12-7(3)9-10-5-8(13-9)6(2)11/h5,7H,4H2,1-3H3. The first-order chi connectivity index (χ1) is 6.15. The molecule has 0 spiro atoms. The number of Topliss-reactive ketones (excluding diaryl/α,β-unsaturated/α-hetero) is 1. The van der Waals surface area contributed by atoms with E-state index in [-0.39, 0.29) is 11.9 Å². The summed E-state index contributed by atoms with van der Waals surface area (Å²) >= 11 is 1.40. The van der Waals surface area contributed by atoms with Crippen molar-refractivity contribution in [2.45, 2.75) is 26.9 Å². The van der Waals surface area contributed by atoms with Gasteiger partial charge in [0.05, 0.1) is 4.88 Å². The summed E-state index contributed by atoms with van der Waals surface area (Å²) in [7, 11) is 0. The van der Waals surface area contributed by atoms with Gasteiger partial charge < -0.3 is 4.74 Å². The number of ketones is 1. The van der Waals surface area contributed by atoms with Crippen molar-refractivity contribution in [3.05, 3.63) is 16.1 Å². The monoisotopic (exact) mass is 199 g/mol. The summed E-state index contributed by atoms with van der Waals surface area (Å²) in [5.74, 6) is 0.0625. The Morgan fingerprint density at radius 3 is 2.92 bits per heavy atom. The molecule has 0 aromatic carbocycles. The number of rotatable bonds is 4. The van der Waals surface area contributed by atoms with E-state index >= 15 is 0 Å². The van der Waals surface area contributed by atoms with Gasteiger partial charge in [-0.05, 0) is 13.8 Å². The first-order valence-corrected chi connectivity index (χ1v) is 5.05. The zero-order chi connectivity index (χ0) is 9.84. The highest BCUT2D eigenvalue weighted by Gasteiger charge is 2.11. The van der Waals surface area contributed by atoms with E-state index in [1.165, 1.54) is 11.3 Å². The van der Waals surface area contributed by atoms with E-state index in [0.717, 1.165) is 5.01 Å². The highest BCUT2D eigenvalue weighted by atomic mass is 32.1. The molecule has 3 nitrogen and oxygen atoms in total. The lowest BCUT2D eigenvalue weighted by atomic mass is 10.4. The van der Waals surface area contributed by atoms with E-state index in [2.05, 4.69) is 4.98 Å². The maximum atomic E-state index is 11.0. The van der Waals surface area contributed by atoms with Crippen molar-refractivity contribution in [1.29, 1.82) is 0 Å². The van der Waals surface area contributed by atoms with E-state index in [9.17, 15) is 4.79 Å². The molecule has 1 rings (SSSR count). The summed E-state index contributed by atoms with van der Waals surface area (Å²) in [4.78, 5) is 15.8. The summed E-state index contributed by atoms with van der Waals surface area (Å²) in [5, 5.41) is 0.868. The second-order valence-electron chi connectivity index (χ2n) is 2.72. The van der Waals surface area contributed by atoms with E-state index < -0.39 is 0 Å². The van der Waals surface area contributed by atoms with Gasteiger partial charge in [-0.1, -0.05) is 0 Å². The Morgan fingerprint density at radius 2 is 2.46 bits per heavy atom. The summed E-state index contributed by atoms with van der Waals surface area (Å²) in [6.45, 7) is 6.08. The van der Waals surface area contributed by atoms with Crippen LogP contribution < -0.4 is 0 Å². The molecule has 0 saturated carbocycles. The van der Waals surface area contributed by atoms with E-state index in [4.69, 9.17) is 4.74 Å². The molecule has 0 N–H and O–H groups in total. The fraction of sp³-hybridized carbons (Fsp3) is 0.556. The third-order valence-corrected chi connectivity index (χ3v) is 2.89. The van der Waals surface area contributed by atoms with Crippen LogP contribution in [0, 0.1) is 0 Å². The third-order valence-electron chi connectivity index (χ3n) is 1.63. The normalized spacial score (nSPS) is 12.8. The fourth-order valence-electron chi connectivity index (χ4n) is 0.960. The van der Waals surface area contributed by atoms with Crippen molar-refractivity contribution < 1.29 is 9.53 Å². The minimum atomic E-state index is -0.0110. The largest absolute Gasteiger partial charge is 0.372 e. The number of aromatic nitrogens is 1. The molecule has 0 aliphatic heterocycles. The molecule has 0 saturated heterocycles. The number of ether oxygens (including phenoxy) is 1. The van der Waals surface area contributed by atoms with Crippen molar-refractivity contribution >= 4 is 17.1 Å². The molecule has 0 amide bonds. The van der Waals surface area contributed by atoms with Gasteiger partial charge in [0.25, 0.3) is 0 Å². The molecular weight excluding hydrogens is 186 g/mol. The molecule has 72 valence electrons. The van der Waals surface area contributed by atoms with Gasteiger partial charge in [0.15, 0.2) is 5.78 Å².